The van der Waals surface area contributed by atoms with Gasteiger partial charge in [-0.1, -0.05) is 30.3 Å². The summed E-state index contributed by atoms with van der Waals surface area (Å²) in [5, 5.41) is 2.36. The summed E-state index contributed by atoms with van der Waals surface area (Å²) >= 11 is 0. The molecule has 0 aliphatic rings. The van der Waals surface area contributed by atoms with Crippen molar-refractivity contribution in [2.75, 3.05) is 0 Å². The lowest BCUT2D eigenvalue weighted by atomic mass is 10.1. The second-order valence-electron chi connectivity index (χ2n) is 4.32. The van der Waals surface area contributed by atoms with E-state index < -0.39 is 23.8 Å². The topological polar surface area (TPSA) is 38.3 Å². The van der Waals surface area contributed by atoms with Crippen LogP contribution in [0.25, 0.3) is 0 Å². The van der Waals surface area contributed by atoms with E-state index in [1.807, 2.05) is 0 Å². The molecule has 0 heterocycles. The van der Waals surface area contributed by atoms with Crippen molar-refractivity contribution in [2.45, 2.75) is 12.9 Å². The number of hydrogen-bond donors (Lipinski definition) is 1. The number of benzene rings is 2. The predicted molar refractivity (Wildman–Crippen MR) is 70.7 cm³/mol. The van der Waals surface area contributed by atoms with E-state index in [0.717, 1.165) is 12.1 Å². The first-order chi connectivity index (χ1) is 10.4. The summed E-state index contributed by atoms with van der Waals surface area (Å²) in [6.45, 7) is -0.223. The van der Waals surface area contributed by atoms with Crippen LogP contribution in [0.1, 0.15) is 15.9 Å². The van der Waals surface area contributed by atoms with Gasteiger partial charge in [-0.25, -0.2) is 4.39 Å². The van der Waals surface area contributed by atoms with Crippen molar-refractivity contribution in [1.29, 1.82) is 0 Å². The monoisotopic (exact) mass is 313 g/mol. The smallest absolute Gasteiger partial charge is 0.405 e. The van der Waals surface area contributed by atoms with Gasteiger partial charge in [-0.2, -0.15) is 0 Å². The Morgan fingerprint density at radius 3 is 2.36 bits per heavy atom. The van der Waals surface area contributed by atoms with E-state index in [4.69, 9.17) is 0 Å². The summed E-state index contributed by atoms with van der Waals surface area (Å²) in [5.41, 5.74) is -0.0544. The Balaban J connectivity index is 2.09. The molecule has 0 saturated carbocycles. The summed E-state index contributed by atoms with van der Waals surface area (Å²) in [5.74, 6) is -1.84. The fraction of sp³-hybridized carbons (Fsp3) is 0.133. The van der Waals surface area contributed by atoms with Crippen molar-refractivity contribution in [1.82, 2.24) is 5.32 Å². The minimum Gasteiger partial charge on any atom is -0.405 e. The molecule has 0 aromatic heterocycles. The Morgan fingerprint density at radius 2 is 1.68 bits per heavy atom. The molecule has 22 heavy (non-hydrogen) atoms. The van der Waals surface area contributed by atoms with Gasteiger partial charge in [-0.3, -0.25) is 4.79 Å². The molecule has 0 bridgehead atoms. The number of halogens is 4. The average Bonchev–Trinajstić information content (AvgIpc) is 2.45. The first-order valence-corrected chi connectivity index (χ1v) is 6.23. The first kappa shape index (κ1) is 15.8. The molecule has 0 spiro atoms. The molecule has 1 N–H and O–H groups in total. The SMILES string of the molecule is O=C(NCc1ccccc1OC(F)(F)F)c1ccccc1F. The maximum absolute atomic E-state index is 13.4. The van der Waals surface area contributed by atoms with Crippen molar-refractivity contribution < 1.29 is 27.1 Å². The molecule has 0 aliphatic heterocycles. The Labute approximate surface area is 123 Å². The van der Waals surface area contributed by atoms with E-state index in [0.29, 0.717) is 0 Å². The molecule has 0 aliphatic carbocycles. The maximum atomic E-state index is 13.4. The molecule has 3 nitrogen and oxygen atoms in total. The summed E-state index contributed by atoms with van der Waals surface area (Å²) in [6, 6.07) is 10.7. The quantitative estimate of drug-likeness (QED) is 0.875. The Morgan fingerprint density at radius 1 is 1.05 bits per heavy atom. The van der Waals surface area contributed by atoms with Gasteiger partial charge in [0.25, 0.3) is 5.91 Å². The minimum atomic E-state index is -4.83. The molecule has 0 radical (unpaired) electrons. The molecule has 0 saturated heterocycles. The van der Waals surface area contributed by atoms with Crippen molar-refractivity contribution in [3.63, 3.8) is 0 Å². The number of alkyl halides is 3. The summed E-state index contributed by atoms with van der Waals surface area (Å²) in [4.78, 5) is 11.8. The van der Waals surface area contributed by atoms with E-state index >= 15 is 0 Å². The highest BCUT2D eigenvalue weighted by Gasteiger charge is 2.32. The highest BCUT2D eigenvalue weighted by atomic mass is 19.4. The third kappa shape index (κ3) is 4.21. The van der Waals surface area contributed by atoms with Gasteiger partial charge in [0.1, 0.15) is 11.6 Å². The Kier molecular flexibility index (Phi) is 4.65. The number of rotatable bonds is 4. The minimum absolute atomic E-state index is 0.129. The van der Waals surface area contributed by atoms with Crippen LogP contribution in [0.2, 0.25) is 0 Å². The lowest BCUT2D eigenvalue weighted by Crippen LogP contribution is -2.25. The molecule has 2 aromatic rings. The normalized spacial score (nSPS) is 11.1. The van der Waals surface area contributed by atoms with Crippen molar-refractivity contribution in [3.8, 4) is 5.75 Å². The van der Waals surface area contributed by atoms with Crippen LogP contribution in [0.3, 0.4) is 0 Å². The van der Waals surface area contributed by atoms with Gasteiger partial charge in [0.2, 0.25) is 0 Å². The highest BCUT2D eigenvalue weighted by molar-refractivity contribution is 5.94. The van der Waals surface area contributed by atoms with Crippen LogP contribution >= 0.6 is 0 Å². The Bertz CT molecular complexity index is 671. The van der Waals surface area contributed by atoms with Gasteiger partial charge < -0.3 is 10.1 Å². The molecular formula is C15H11F4NO2. The molecule has 1 amide bonds. The molecule has 116 valence electrons. The zero-order valence-electron chi connectivity index (χ0n) is 11.2. The summed E-state index contributed by atoms with van der Waals surface area (Å²) in [6.07, 6.45) is -4.83. The van der Waals surface area contributed by atoms with Crippen LogP contribution in [0.15, 0.2) is 48.5 Å². The van der Waals surface area contributed by atoms with Crippen molar-refractivity contribution in [3.05, 3.63) is 65.5 Å². The standard InChI is InChI=1S/C15H11F4NO2/c16-12-7-3-2-6-11(12)14(21)20-9-10-5-1-4-8-13(10)22-15(17,18)19/h1-8H,9H2,(H,20,21). The first-order valence-electron chi connectivity index (χ1n) is 6.23. The van der Waals surface area contributed by atoms with Gasteiger partial charge >= 0.3 is 6.36 Å². The van der Waals surface area contributed by atoms with E-state index in [2.05, 4.69) is 10.1 Å². The third-order valence-corrected chi connectivity index (χ3v) is 2.76. The molecular weight excluding hydrogens is 302 g/mol. The van der Waals surface area contributed by atoms with E-state index in [1.165, 1.54) is 36.4 Å². The average molecular weight is 313 g/mol. The third-order valence-electron chi connectivity index (χ3n) is 2.76. The second-order valence-corrected chi connectivity index (χ2v) is 4.32. The molecule has 2 rings (SSSR count). The van der Waals surface area contributed by atoms with E-state index in [9.17, 15) is 22.4 Å². The fourth-order valence-electron chi connectivity index (χ4n) is 1.79. The van der Waals surface area contributed by atoms with Crippen LogP contribution in [0, 0.1) is 5.82 Å². The molecule has 0 fully saturated rings. The molecule has 0 unspecified atom stereocenters. The van der Waals surface area contributed by atoms with Crippen LogP contribution < -0.4 is 10.1 Å². The molecule has 2 aromatic carbocycles. The fourth-order valence-corrected chi connectivity index (χ4v) is 1.79. The maximum Gasteiger partial charge on any atom is 0.573 e. The van der Waals surface area contributed by atoms with Crippen molar-refractivity contribution in [2.24, 2.45) is 0 Å². The molecule has 7 heteroatoms. The summed E-state index contributed by atoms with van der Waals surface area (Å²) < 4.78 is 54.1. The van der Waals surface area contributed by atoms with Crippen LogP contribution in [0.4, 0.5) is 17.6 Å². The largest absolute Gasteiger partial charge is 0.573 e. The van der Waals surface area contributed by atoms with Gasteiger partial charge in [-0.15, -0.1) is 13.2 Å². The van der Waals surface area contributed by atoms with Gasteiger partial charge in [-0.05, 0) is 18.2 Å². The highest BCUT2D eigenvalue weighted by Crippen LogP contribution is 2.26. The number of nitrogens with one attached hydrogen (secondary N) is 1. The number of para-hydroxylation sites is 1. The van der Waals surface area contributed by atoms with Crippen LogP contribution in [0.5, 0.6) is 5.75 Å². The number of carbonyl (C=O) groups excluding carboxylic acids is 1. The zero-order valence-corrected chi connectivity index (χ0v) is 11.2. The number of amides is 1. The number of carbonyl (C=O) groups is 1. The zero-order chi connectivity index (χ0) is 16.2. The lowest BCUT2D eigenvalue weighted by Gasteiger charge is -2.13. The Hall–Kier alpha value is -2.57. The van der Waals surface area contributed by atoms with Crippen LogP contribution in [-0.4, -0.2) is 12.3 Å². The van der Waals surface area contributed by atoms with Gasteiger partial charge in [0, 0.05) is 12.1 Å². The lowest BCUT2D eigenvalue weighted by molar-refractivity contribution is -0.274. The predicted octanol–water partition coefficient (Wildman–Crippen LogP) is 3.65. The number of ether oxygens (including phenoxy) is 1. The van der Waals surface area contributed by atoms with Crippen LogP contribution in [-0.2, 0) is 6.54 Å². The second kappa shape index (κ2) is 6.46. The molecule has 0 atom stereocenters. The van der Waals surface area contributed by atoms with E-state index in [-0.39, 0.29) is 17.7 Å². The summed E-state index contributed by atoms with van der Waals surface area (Å²) in [7, 11) is 0. The number of hydrogen-bond acceptors (Lipinski definition) is 2. The van der Waals surface area contributed by atoms with Gasteiger partial charge in [0.15, 0.2) is 0 Å². The van der Waals surface area contributed by atoms with Gasteiger partial charge in [0.05, 0.1) is 5.56 Å². The van der Waals surface area contributed by atoms with Crippen molar-refractivity contribution >= 4 is 5.91 Å². The van der Waals surface area contributed by atoms with E-state index in [1.54, 1.807) is 0 Å².